The number of unbranched alkanes of at least 4 members (excludes halogenated alkanes) is 1. The number of rotatable bonds is 6. The molecular formula is C15H16Cl2N4O. The van der Waals surface area contributed by atoms with Gasteiger partial charge >= 0.3 is 0 Å². The second kappa shape index (κ2) is 7.96. The molecule has 0 aliphatic carbocycles. The Morgan fingerprint density at radius 1 is 1.14 bits per heavy atom. The number of nitrogens with one attached hydrogen (secondary N) is 2. The molecule has 1 aromatic carbocycles. The molecule has 0 bridgehead atoms. The zero-order chi connectivity index (χ0) is 15.9. The highest BCUT2D eigenvalue weighted by atomic mass is 35.5. The van der Waals surface area contributed by atoms with Gasteiger partial charge in [0, 0.05) is 6.54 Å². The molecule has 0 aliphatic rings. The van der Waals surface area contributed by atoms with Gasteiger partial charge in [-0.3, -0.25) is 4.79 Å². The lowest BCUT2D eigenvalue weighted by atomic mass is 10.3. The van der Waals surface area contributed by atoms with Crippen molar-refractivity contribution in [3.63, 3.8) is 0 Å². The molecule has 1 heterocycles. The summed E-state index contributed by atoms with van der Waals surface area (Å²) >= 11 is 12.0. The fourth-order valence-electron chi connectivity index (χ4n) is 1.74. The molecule has 0 aliphatic heterocycles. The van der Waals surface area contributed by atoms with Crippen LogP contribution in [0.25, 0.3) is 0 Å². The van der Waals surface area contributed by atoms with Gasteiger partial charge in [0.05, 0.1) is 15.7 Å². The summed E-state index contributed by atoms with van der Waals surface area (Å²) in [6.45, 7) is 2.94. The molecule has 0 fully saturated rings. The summed E-state index contributed by atoms with van der Waals surface area (Å²) in [5.74, 6) is 0.225. The van der Waals surface area contributed by atoms with E-state index in [1.54, 1.807) is 30.3 Å². The van der Waals surface area contributed by atoms with E-state index in [0.717, 1.165) is 19.4 Å². The van der Waals surface area contributed by atoms with Gasteiger partial charge in [-0.25, -0.2) is 0 Å². The molecule has 2 rings (SSSR count). The second-order valence-electron chi connectivity index (χ2n) is 4.63. The molecule has 0 spiro atoms. The Bertz CT molecular complexity index is 626. The number of aromatic nitrogens is 2. The minimum Gasteiger partial charge on any atom is -0.369 e. The number of benzene rings is 1. The Morgan fingerprint density at radius 2 is 1.86 bits per heavy atom. The van der Waals surface area contributed by atoms with E-state index in [2.05, 4.69) is 27.8 Å². The lowest BCUT2D eigenvalue weighted by Crippen LogP contribution is -2.15. The van der Waals surface area contributed by atoms with Crippen molar-refractivity contribution in [1.29, 1.82) is 0 Å². The molecule has 1 amide bonds. The summed E-state index contributed by atoms with van der Waals surface area (Å²) in [5, 5.41) is 14.4. The summed E-state index contributed by atoms with van der Waals surface area (Å²) in [4.78, 5) is 12.1. The van der Waals surface area contributed by atoms with E-state index in [4.69, 9.17) is 23.2 Å². The first-order chi connectivity index (χ1) is 10.6. The van der Waals surface area contributed by atoms with E-state index < -0.39 is 5.91 Å². The number of para-hydroxylation sites is 1. The van der Waals surface area contributed by atoms with Crippen LogP contribution >= 0.6 is 23.2 Å². The smallest absolute Gasteiger partial charge is 0.276 e. The van der Waals surface area contributed by atoms with Gasteiger partial charge in [-0.15, -0.1) is 10.2 Å². The number of halogens is 2. The Hall–Kier alpha value is -1.85. The van der Waals surface area contributed by atoms with Crippen LogP contribution in [-0.4, -0.2) is 22.6 Å². The lowest BCUT2D eigenvalue weighted by molar-refractivity contribution is 0.102. The molecule has 2 N–H and O–H groups in total. The second-order valence-corrected chi connectivity index (χ2v) is 5.45. The summed E-state index contributed by atoms with van der Waals surface area (Å²) in [6.07, 6.45) is 2.15. The van der Waals surface area contributed by atoms with Gasteiger partial charge in [-0.05, 0) is 30.7 Å². The Labute approximate surface area is 139 Å². The molecular weight excluding hydrogens is 323 g/mol. The highest BCUT2D eigenvalue weighted by Gasteiger charge is 2.13. The Balaban J connectivity index is 2.04. The molecule has 5 nitrogen and oxygen atoms in total. The number of amides is 1. The first-order valence-corrected chi connectivity index (χ1v) is 7.70. The number of carbonyl (C=O) groups is 1. The minimum atomic E-state index is -0.414. The molecule has 116 valence electrons. The number of hydrogen-bond donors (Lipinski definition) is 2. The van der Waals surface area contributed by atoms with E-state index in [1.165, 1.54) is 0 Å². The van der Waals surface area contributed by atoms with E-state index in [-0.39, 0.29) is 5.69 Å². The van der Waals surface area contributed by atoms with E-state index in [1.807, 2.05) is 0 Å². The SMILES string of the molecule is CCCCNc1ccc(C(=O)Nc2c(Cl)cccc2Cl)nn1. The summed E-state index contributed by atoms with van der Waals surface area (Å²) in [6, 6.07) is 8.31. The van der Waals surface area contributed by atoms with Crippen LogP contribution < -0.4 is 10.6 Å². The van der Waals surface area contributed by atoms with Crippen molar-refractivity contribution in [2.75, 3.05) is 17.2 Å². The van der Waals surface area contributed by atoms with Crippen molar-refractivity contribution in [3.05, 3.63) is 46.1 Å². The molecule has 0 unspecified atom stereocenters. The van der Waals surface area contributed by atoms with Crippen molar-refractivity contribution < 1.29 is 4.79 Å². The van der Waals surface area contributed by atoms with Gasteiger partial charge in [-0.2, -0.15) is 0 Å². The molecule has 7 heteroatoms. The third-order valence-electron chi connectivity index (χ3n) is 2.93. The molecule has 22 heavy (non-hydrogen) atoms. The predicted octanol–water partition coefficient (Wildman–Crippen LogP) is 4.25. The number of carbonyl (C=O) groups excluding carboxylic acids is 1. The third-order valence-corrected chi connectivity index (χ3v) is 3.56. The predicted molar refractivity (Wildman–Crippen MR) is 89.8 cm³/mol. The van der Waals surface area contributed by atoms with Crippen LogP contribution in [0.5, 0.6) is 0 Å². The number of anilines is 2. The van der Waals surface area contributed by atoms with E-state index in [0.29, 0.717) is 21.6 Å². The summed E-state index contributed by atoms with van der Waals surface area (Å²) in [5.41, 5.74) is 0.555. The van der Waals surface area contributed by atoms with Crippen LogP contribution in [0.4, 0.5) is 11.5 Å². The number of hydrogen-bond acceptors (Lipinski definition) is 4. The van der Waals surface area contributed by atoms with Gasteiger partial charge in [0.2, 0.25) is 0 Å². The van der Waals surface area contributed by atoms with Crippen molar-refractivity contribution in [3.8, 4) is 0 Å². The minimum absolute atomic E-state index is 0.192. The van der Waals surface area contributed by atoms with Crippen LogP contribution in [0.3, 0.4) is 0 Å². The molecule has 2 aromatic rings. The van der Waals surface area contributed by atoms with Crippen molar-refractivity contribution >= 4 is 40.6 Å². The van der Waals surface area contributed by atoms with Crippen molar-refractivity contribution in [1.82, 2.24) is 10.2 Å². The Kier molecular flexibility index (Phi) is 5.98. The zero-order valence-electron chi connectivity index (χ0n) is 12.1. The maximum Gasteiger partial charge on any atom is 0.276 e. The van der Waals surface area contributed by atoms with Crippen LogP contribution in [0.2, 0.25) is 10.0 Å². The summed E-state index contributed by atoms with van der Waals surface area (Å²) in [7, 11) is 0. The van der Waals surface area contributed by atoms with Crippen molar-refractivity contribution in [2.45, 2.75) is 19.8 Å². The average molecular weight is 339 g/mol. The van der Waals surface area contributed by atoms with Crippen LogP contribution in [0, 0.1) is 0 Å². The largest absolute Gasteiger partial charge is 0.369 e. The van der Waals surface area contributed by atoms with Crippen LogP contribution in [0.1, 0.15) is 30.3 Å². The number of nitrogens with zero attached hydrogens (tertiary/aromatic N) is 2. The fourth-order valence-corrected chi connectivity index (χ4v) is 2.23. The van der Waals surface area contributed by atoms with Gasteiger partial charge in [0.15, 0.2) is 5.69 Å². The monoisotopic (exact) mass is 338 g/mol. The topological polar surface area (TPSA) is 66.9 Å². The molecule has 1 aromatic heterocycles. The van der Waals surface area contributed by atoms with E-state index >= 15 is 0 Å². The lowest BCUT2D eigenvalue weighted by Gasteiger charge is -2.09. The normalized spacial score (nSPS) is 10.3. The molecule has 0 saturated heterocycles. The van der Waals surface area contributed by atoms with E-state index in [9.17, 15) is 4.79 Å². The maximum absolute atomic E-state index is 12.1. The zero-order valence-corrected chi connectivity index (χ0v) is 13.6. The van der Waals surface area contributed by atoms with Gasteiger partial charge in [0.1, 0.15) is 5.82 Å². The van der Waals surface area contributed by atoms with Gasteiger partial charge < -0.3 is 10.6 Å². The quantitative estimate of drug-likeness (QED) is 0.772. The highest BCUT2D eigenvalue weighted by Crippen LogP contribution is 2.30. The highest BCUT2D eigenvalue weighted by molar-refractivity contribution is 6.39. The third kappa shape index (κ3) is 4.32. The average Bonchev–Trinajstić information content (AvgIpc) is 2.52. The first kappa shape index (κ1) is 16.5. The molecule has 0 radical (unpaired) electrons. The van der Waals surface area contributed by atoms with Gasteiger partial charge in [0.25, 0.3) is 5.91 Å². The summed E-state index contributed by atoms with van der Waals surface area (Å²) < 4.78 is 0. The standard InChI is InChI=1S/C15H16Cl2N4O/c1-2-3-9-18-13-8-7-12(20-21-13)15(22)19-14-10(16)5-4-6-11(14)17/h4-8H,2-3,9H2,1H3,(H,18,21)(H,19,22). The molecule has 0 atom stereocenters. The maximum atomic E-state index is 12.1. The fraction of sp³-hybridized carbons (Fsp3) is 0.267. The van der Waals surface area contributed by atoms with Crippen LogP contribution in [-0.2, 0) is 0 Å². The molecule has 0 saturated carbocycles. The Morgan fingerprint density at radius 3 is 2.45 bits per heavy atom. The first-order valence-electron chi connectivity index (χ1n) is 6.94. The van der Waals surface area contributed by atoms with Crippen molar-refractivity contribution in [2.24, 2.45) is 0 Å². The van der Waals surface area contributed by atoms with Crippen LogP contribution in [0.15, 0.2) is 30.3 Å². The van der Waals surface area contributed by atoms with Gasteiger partial charge in [-0.1, -0.05) is 42.6 Å².